The molecule has 0 saturated carbocycles. The second kappa shape index (κ2) is 4.29. The van der Waals surface area contributed by atoms with Crippen LogP contribution in [0.5, 0.6) is 0 Å². The van der Waals surface area contributed by atoms with E-state index in [0.717, 1.165) is 6.07 Å². The fourth-order valence-corrected chi connectivity index (χ4v) is 1.00. The van der Waals surface area contributed by atoms with Crippen LogP contribution in [0.25, 0.3) is 0 Å². The fourth-order valence-electron chi connectivity index (χ4n) is 1.00. The van der Waals surface area contributed by atoms with Gasteiger partial charge in [0.1, 0.15) is 0 Å². The largest absolute Gasteiger partial charge is 0.479 e. The molecule has 1 aromatic rings. The van der Waals surface area contributed by atoms with Crippen molar-refractivity contribution in [1.82, 2.24) is 0 Å². The highest BCUT2D eigenvalue weighted by Gasteiger charge is 2.21. The van der Waals surface area contributed by atoms with Gasteiger partial charge in [0.15, 0.2) is 17.5 Å². The van der Waals surface area contributed by atoms with Crippen molar-refractivity contribution in [3.63, 3.8) is 0 Å². The zero-order valence-electron chi connectivity index (χ0n) is 7.31. The Bertz CT molecular complexity index is 392. The molecule has 82 valence electrons. The van der Waals surface area contributed by atoms with E-state index < -0.39 is 41.6 Å². The summed E-state index contributed by atoms with van der Waals surface area (Å²) in [5, 5.41) is 8.19. The van der Waals surface area contributed by atoms with E-state index >= 15 is 0 Å². The van der Waals surface area contributed by atoms with E-state index in [1.807, 2.05) is 0 Å². The number of rotatable bonds is 3. The Balaban J connectivity index is 2.97. The summed E-state index contributed by atoms with van der Waals surface area (Å²) in [6.45, 7) is 0. The molecule has 0 aromatic heterocycles. The molecule has 2 nitrogen and oxygen atoms in total. The lowest BCUT2D eigenvalue weighted by Gasteiger charge is -2.05. The molecule has 1 aromatic carbocycles. The van der Waals surface area contributed by atoms with Crippen molar-refractivity contribution in [1.29, 1.82) is 0 Å². The van der Waals surface area contributed by atoms with Crippen LogP contribution >= 0.6 is 0 Å². The van der Waals surface area contributed by atoms with Gasteiger partial charge in [-0.2, -0.15) is 0 Å². The maximum absolute atomic E-state index is 12.9. The standard InChI is InChI=1S/C9H6F4O2/c10-5-2-1-4(7(12)8(5)13)3-6(11)9(14)15/h1-2,6H,3H2,(H,14,15)/t6-/m0/s1. The first-order valence-electron chi connectivity index (χ1n) is 3.92. The van der Waals surface area contributed by atoms with Crippen molar-refractivity contribution in [3.8, 4) is 0 Å². The molecule has 15 heavy (non-hydrogen) atoms. The Labute approximate surface area is 82.1 Å². The highest BCUT2D eigenvalue weighted by Crippen LogP contribution is 2.17. The monoisotopic (exact) mass is 222 g/mol. The molecule has 0 radical (unpaired) electrons. The molecule has 0 fully saturated rings. The number of carbonyl (C=O) groups is 1. The van der Waals surface area contributed by atoms with Crippen molar-refractivity contribution >= 4 is 5.97 Å². The van der Waals surface area contributed by atoms with Crippen LogP contribution in [0.2, 0.25) is 0 Å². The number of carboxylic acids is 1. The van der Waals surface area contributed by atoms with Gasteiger partial charge in [0.05, 0.1) is 0 Å². The normalized spacial score (nSPS) is 12.5. The third-order valence-corrected chi connectivity index (χ3v) is 1.78. The van der Waals surface area contributed by atoms with Crippen LogP contribution in [-0.2, 0) is 11.2 Å². The summed E-state index contributed by atoms with van der Waals surface area (Å²) in [6.07, 6.45) is -3.18. The molecule has 0 bridgehead atoms. The van der Waals surface area contributed by atoms with E-state index in [1.165, 1.54) is 0 Å². The molecule has 0 amide bonds. The number of aliphatic carboxylic acids is 1. The minimum atomic E-state index is -2.34. The van der Waals surface area contributed by atoms with Gasteiger partial charge in [-0.05, 0) is 11.6 Å². The van der Waals surface area contributed by atoms with Crippen molar-refractivity contribution in [2.45, 2.75) is 12.6 Å². The summed E-state index contributed by atoms with van der Waals surface area (Å²) in [7, 11) is 0. The van der Waals surface area contributed by atoms with Gasteiger partial charge in [-0.25, -0.2) is 22.4 Å². The molecule has 0 unspecified atom stereocenters. The maximum atomic E-state index is 12.9. The fraction of sp³-hybridized carbons (Fsp3) is 0.222. The van der Waals surface area contributed by atoms with Gasteiger partial charge in [0.2, 0.25) is 6.17 Å². The van der Waals surface area contributed by atoms with E-state index in [2.05, 4.69) is 0 Å². The number of hydrogen-bond acceptors (Lipinski definition) is 1. The Morgan fingerprint density at radius 3 is 2.40 bits per heavy atom. The minimum Gasteiger partial charge on any atom is -0.479 e. The lowest BCUT2D eigenvalue weighted by Crippen LogP contribution is -2.18. The third kappa shape index (κ3) is 2.45. The van der Waals surface area contributed by atoms with Crippen LogP contribution in [0.4, 0.5) is 17.6 Å². The van der Waals surface area contributed by atoms with Gasteiger partial charge < -0.3 is 5.11 Å². The highest BCUT2D eigenvalue weighted by molar-refractivity contribution is 5.72. The maximum Gasteiger partial charge on any atom is 0.338 e. The molecule has 1 rings (SSSR count). The highest BCUT2D eigenvalue weighted by atomic mass is 19.2. The topological polar surface area (TPSA) is 37.3 Å². The molecule has 0 aliphatic heterocycles. The second-order valence-corrected chi connectivity index (χ2v) is 2.84. The average Bonchev–Trinajstić information content (AvgIpc) is 2.18. The van der Waals surface area contributed by atoms with E-state index in [-0.39, 0.29) is 0 Å². The smallest absolute Gasteiger partial charge is 0.338 e. The SMILES string of the molecule is O=C(O)[C@@H](F)Cc1ccc(F)c(F)c1F. The van der Waals surface area contributed by atoms with Crippen molar-refractivity contribution < 1.29 is 27.5 Å². The average molecular weight is 222 g/mol. The van der Waals surface area contributed by atoms with E-state index in [1.54, 1.807) is 0 Å². The molecule has 0 aliphatic carbocycles. The summed E-state index contributed by atoms with van der Waals surface area (Å²) >= 11 is 0. The van der Waals surface area contributed by atoms with Gasteiger partial charge in [-0.1, -0.05) is 6.07 Å². The zero-order chi connectivity index (χ0) is 11.6. The van der Waals surface area contributed by atoms with Crippen molar-refractivity contribution in [3.05, 3.63) is 35.1 Å². The lowest BCUT2D eigenvalue weighted by molar-refractivity contribution is -0.142. The van der Waals surface area contributed by atoms with Crippen LogP contribution < -0.4 is 0 Å². The Hall–Kier alpha value is -1.59. The van der Waals surface area contributed by atoms with Crippen LogP contribution in [0.3, 0.4) is 0 Å². The summed E-state index contributed by atoms with van der Waals surface area (Å²) in [5.74, 6) is -6.47. The third-order valence-electron chi connectivity index (χ3n) is 1.78. The van der Waals surface area contributed by atoms with Gasteiger partial charge in [0.25, 0.3) is 0 Å². The Kier molecular flexibility index (Phi) is 3.28. The summed E-state index contributed by atoms with van der Waals surface area (Å²) in [4.78, 5) is 10.1. The Morgan fingerprint density at radius 2 is 1.87 bits per heavy atom. The van der Waals surface area contributed by atoms with Crippen molar-refractivity contribution in [2.24, 2.45) is 0 Å². The van der Waals surface area contributed by atoms with Crippen LogP contribution in [0, 0.1) is 17.5 Å². The molecule has 0 aliphatic rings. The first kappa shape index (κ1) is 11.5. The van der Waals surface area contributed by atoms with Crippen molar-refractivity contribution in [2.75, 3.05) is 0 Å². The number of benzene rings is 1. The predicted octanol–water partition coefficient (Wildman–Crippen LogP) is 2.07. The van der Waals surface area contributed by atoms with Crippen LogP contribution in [0.15, 0.2) is 12.1 Å². The first-order valence-corrected chi connectivity index (χ1v) is 3.92. The second-order valence-electron chi connectivity index (χ2n) is 2.84. The number of halogens is 4. The molecule has 1 atom stereocenters. The zero-order valence-corrected chi connectivity index (χ0v) is 7.31. The van der Waals surface area contributed by atoms with Crippen LogP contribution in [-0.4, -0.2) is 17.2 Å². The van der Waals surface area contributed by atoms with Gasteiger partial charge in [-0.3, -0.25) is 0 Å². The van der Waals surface area contributed by atoms with E-state index in [4.69, 9.17) is 5.11 Å². The number of alkyl halides is 1. The summed E-state index contributed by atoms with van der Waals surface area (Å²) in [6, 6.07) is 1.42. The first-order chi connectivity index (χ1) is 6.93. The van der Waals surface area contributed by atoms with Gasteiger partial charge in [-0.15, -0.1) is 0 Å². The molecular formula is C9H6F4O2. The quantitative estimate of drug-likeness (QED) is 0.627. The Morgan fingerprint density at radius 1 is 1.27 bits per heavy atom. The van der Waals surface area contributed by atoms with Gasteiger partial charge in [0, 0.05) is 6.42 Å². The number of hydrogen-bond donors (Lipinski definition) is 1. The molecule has 1 N–H and O–H groups in total. The van der Waals surface area contributed by atoms with Gasteiger partial charge >= 0.3 is 5.97 Å². The molecule has 6 heteroatoms. The van der Waals surface area contributed by atoms with Crippen LogP contribution in [0.1, 0.15) is 5.56 Å². The molecule has 0 saturated heterocycles. The lowest BCUT2D eigenvalue weighted by atomic mass is 10.1. The van der Waals surface area contributed by atoms with E-state index in [9.17, 15) is 22.4 Å². The molecule has 0 heterocycles. The van der Waals surface area contributed by atoms with E-state index in [0.29, 0.717) is 6.07 Å². The summed E-state index contributed by atoms with van der Waals surface area (Å²) in [5.41, 5.74) is -0.510. The predicted molar refractivity (Wildman–Crippen MR) is 42.6 cm³/mol. The summed E-state index contributed by atoms with van der Waals surface area (Å²) < 4.78 is 50.6. The molecule has 0 spiro atoms. The molecular weight excluding hydrogens is 216 g/mol. The minimum absolute atomic E-state index is 0.510. The number of carboxylic acid groups (broad SMARTS) is 1.